The van der Waals surface area contributed by atoms with Crippen LogP contribution < -0.4 is 0 Å². The summed E-state index contributed by atoms with van der Waals surface area (Å²) < 4.78 is 13.2. The van der Waals surface area contributed by atoms with Gasteiger partial charge in [0.25, 0.3) is 5.91 Å². The molecule has 3 rings (SSSR count). The van der Waals surface area contributed by atoms with Crippen LogP contribution in [0.4, 0.5) is 0 Å². The lowest BCUT2D eigenvalue weighted by molar-refractivity contribution is -0.136. The van der Waals surface area contributed by atoms with Gasteiger partial charge >= 0.3 is 0 Å². The van der Waals surface area contributed by atoms with Crippen molar-refractivity contribution in [1.82, 2.24) is 14.7 Å². The van der Waals surface area contributed by atoms with Crippen LogP contribution in [0.1, 0.15) is 29.6 Å². The second-order valence-corrected chi connectivity index (χ2v) is 5.64. The number of aryl methyl sites for hydroxylation is 1. The fourth-order valence-corrected chi connectivity index (χ4v) is 3.30. The minimum atomic E-state index is -0.180. The number of likely N-dealkylation sites (tertiary alicyclic amines) is 1. The van der Waals surface area contributed by atoms with Gasteiger partial charge in [-0.2, -0.15) is 5.10 Å². The van der Waals surface area contributed by atoms with Gasteiger partial charge in [-0.25, -0.2) is 0 Å². The SMILES string of the molecule is CO[C@H]1CN(C(=O)c2cnn(C)c2)CC[C@@]12CCCO2. The Balaban J connectivity index is 1.73. The molecule has 0 saturated carbocycles. The topological polar surface area (TPSA) is 56.6 Å². The summed E-state index contributed by atoms with van der Waals surface area (Å²) in [4.78, 5) is 14.3. The van der Waals surface area contributed by atoms with Crippen molar-refractivity contribution in [3.05, 3.63) is 18.0 Å². The molecule has 20 heavy (non-hydrogen) atoms. The summed E-state index contributed by atoms with van der Waals surface area (Å²) in [5.74, 6) is 0.0213. The van der Waals surface area contributed by atoms with Crippen LogP contribution in [0.15, 0.2) is 12.4 Å². The van der Waals surface area contributed by atoms with Crippen LogP contribution in [-0.2, 0) is 16.5 Å². The number of methoxy groups -OCH3 is 1. The number of ether oxygens (including phenoxy) is 2. The maximum Gasteiger partial charge on any atom is 0.257 e. The smallest absolute Gasteiger partial charge is 0.257 e. The molecule has 0 N–H and O–H groups in total. The molecule has 6 nitrogen and oxygen atoms in total. The summed E-state index contributed by atoms with van der Waals surface area (Å²) in [5, 5.41) is 4.06. The number of piperidine rings is 1. The average Bonchev–Trinajstić information content (AvgIpc) is 3.09. The highest BCUT2D eigenvalue weighted by atomic mass is 16.5. The summed E-state index contributed by atoms with van der Waals surface area (Å²) in [7, 11) is 3.51. The first kappa shape index (κ1) is 13.6. The van der Waals surface area contributed by atoms with Crippen molar-refractivity contribution >= 4 is 5.91 Å². The van der Waals surface area contributed by atoms with Gasteiger partial charge in [-0.15, -0.1) is 0 Å². The van der Waals surface area contributed by atoms with E-state index in [9.17, 15) is 4.79 Å². The second-order valence-electron chi connectivity index (χ2n) is 5.64. The largest absolute Gasteiger partial charge is 0.377 e. The summed E-state index contributed by atoms with van der Waals surface area (Å²) in [6, 6.07) is 0. The quantitative estimate of drug-likeness (QED) is 0.804. The van der Waals surface area contributed by atoms with Gasteiger partial charge in [0, 0.05) is 40.1 Å². The van der Waals surface area contributed by atoms with Crippen molar-refractivity contribution in [2.24, 2.45) is 7.05 Å². The standard InChI is InChI=1S/C14H21N3O3/c1-16-9-11(8-15-16)13(18)17-6-5-14(4-3-7-20-14)12(10-17)19-2/h8-9,12H,3-7,10H2,1-2H3/t12-,14-/m0/s1. The Bertz CT molecular complexity index is 494. The van der Waals surface area contributed by atoms with E-state index in [2.05, 4.69) is 5.10 Å². The lowest BCUT2D eigenvalue weighted by Gasteiger charge is -2.44. The molecule has 6 heteroatoms. The monoisotopic (exact) mass is 279 g/mol. The molecule has 2 aliphatic heterocycles. The molecule has 110 valence electrons. The maximum atomic E-state index is 12.5. The third kappa shape index (κ3) is 2.23. The van der Waals surface area contributed by atoms with Crippen LogP contribution in [0.25, 0.3) is 0 Å². The number of carbonyl (C=O) groups excluding carboxylic acids is 1. The number of hydrogen-bond acceptors (Lipinski definition) is 4. The van der Waals surface area contributed by atoms with E-state index < -0.39 is 0 Å². The molecule has 1 aromatic heterocycles. The van der Waals surface area contributed by atoms with Crippen molar-refractivity contribution < 1.29 is 14.3 Å². The van der Waals surface area contributed by atoms with Crippen molar-refractivity contribution in [2.75, 3.05) is 26.8 Å². The van der Waals surface area contributed by atoms with Gasteiger partial charge in [-0.1, -0.05) is 0 Å². The molecule has 3 heterocycles. The van der Waals surface area contributed by atoms with Crippen LogP contribution in [0, 0.1) is 0 Å². The van der Waals surface area contributed by atoms with E-state index in [0.717, 1.165) is 25.9 Å². The van der Waals surface area contributed by atoms with E-state index in [0.29, 0.717) is 18.7 Å². The fraction of sp³-hybridized carbons (Fsp3) is 0.714. The molecule has 0 unspecified atom stereocenters. The van der Waals surface area contributed by atoms with E-state index in [1.54, 1.807) is 24.2 Å². The zero-order valence-electron chi connectivity index (χ0n) is 12.0. The van der Waals surface area contributed by atoms with E-state index in [-0.39, 0.29) is 17.6 Å². The van der Waals surface area contributed by atoms with Crippen molar-refractivity contribution in [3.8, 4) is 0 Å². The minimum Gasteiger partial charge on any atom is -0.377 e. The first-order valence-corrected chi connectivity index (χ1v) is 7.09. The van der Waals surface area contributed by atoms with Crippen molar-refractivity contribution in [1.29, 1.82) is 0 Å². The molecule has 2 saturated heterocycles. The lowest BCUT2D eigenvalue weighted by Crippen LogP contribution is -2.57. The Kier molecular flexibility index (Phi) is 3.52. The molecule has 2 atom stereocenters. The molecule has 0 radical (unpaired) electrons. The highest BCUT2D eigenvalue weighted by molar-refractivity contribution is 5.93. The van der Waals surface area contributed by atoms with Gasteiger partial charge in [0.05, 0.1) is 17.4 Å². The molecule has 1 amide bonds. The summed E-state index contributed by atoms with van der Waals surface area (Å²) >= 11 is 0. The van der Waals surface area contributed by atoms with Gasteiger partial charge in [0.2, 0.25) is 0 Å². The first-order valence-electron chi connectivity index (χ1n) is 7.09. The molecular weight excluding hydrogens is 258 g/mol. The van der Waals surface area contributed by atoms with Crippen LogP contribution in [0.2, 0.25) is 0 Å². The molecule has 0 aromatic carbocycles. The number of rotatable bonds is 2. The van der Waals surface area contributed by atoms with Gasteiger partial charge in [0.15, 0.2) is 0 Å². The molecule has 2 fully saturated rings. The Morgan fingerprint density at radius 2 is 2.40 bits per heavy atom. The van der Waals surface area contributed by atoms with Crippen LogP contribution in [-0.4, -0.2) is 59.1 Å². The highest BCUT2D eigenvalue weighted by Crippen LogP contribution is 2.37. The molecular formula is C14H21N3O3. The first-order chi connectivity index (χ1) is 9.64. The zero-order valence-corrected chi connectivity index (χ0v) is 12.0. The zero-order chi connectivity index (χ0) is 14.2. The van der Waals surface area contributed by atoms with Gasteiger partial charge in [-0.3, -0.25) is 9.48 Å². The summed E-state index contributed by atoms with van der Waals surface area (Å²) in [6.07, 6.45) is 6.27. The number of carbonyl (C=O) groups is 1. The number of aromatic nitrogens is 2. The Morgan fingerprint density at radius 3 is 3.00 bits per heavy atom. The third-order valence-corrected chi connectivity index (χ3v) is 4.44. The summed E-state index contributed by atoms with van der Waals surface area (Å²) in [6.45, 7) is 2.11. The van der Waals surface area contributed by atoms with E-state index >= 15 is 0 Å². The third-order valence-electron chi connectivity index (χ3n) is 4.44. The number of hydrogen-bond donors (Lipinski definition) is 0. The molecule has 1 aromatic rings. The lowest BCUT2D eigenvalue weighted by atomic mass is 9.85. The van der Waals surface area contributed by atoms with Gasteiger partial charge in [-0.05, 0) is 19.3 Å². The Hall–Kier alpha value is -1.40. The molecule has 0 aliphatic carbocycles. The maximum absolute atomic E-state index is 12.5. The predicted molar refractivity (Wildman–Crippen MR) is 72.4 cm³/mol. The van der Waals surface area contributed by atoms with Crippen LogP contribution in [0.5, 0.6) is 0 Å². The van der Waals surface area contributed by atoms with Crippen LogP contribution >= 0.6 is 0 Å². The average molecular weight is 279 g/mol. The molecule has 2 aliphatic rings. The minimum absolute atomic E-state index is 0.0213. The number of nitrogens with zero attached hydrogens (tertiary/aromatic N) is 3. The molecule has 0 bridgehead atoms. The van der Waals surface area contributed by atoms with E-state index in [4.69, 9.17) is 9.47 Å². The van der Waals surface area contributed by atoms with Crippen molar-refractivity contribution in [3.63, 3.8) is 0 Å². The fourth-order valence-electron chi connectivity index (χ4n) is 3.30. The van der Waals surface area contributed by atoms with Crippen LogP contribution in [0.3, 0.4) is 0 Å². The second kappa shape index (κ2) is 5.18. The van der Waals surface area contributed by atoms with Crippen molar-refractivity contribution in [2.45, 2.75) is 31.0 Å². The number of amides is 1. The van der Waals surface area contributed by atoms with Gasteiger partial charge < -0.3 is 14.4 Å². The normalized spacial score (nSPS) is 30.1. The predicted octanol–water partition coefficient (Wildman–Crippen LogP) is 0.830. The molecule has 1 spiro atoms. The Morgan fingerprint density at radius 1 is 1.55 bits per heavy atom. The highest BCUT2D eigenvalue weighted by Gasteiger charge is 2.47. The van der Waals surface area contributed by atoms with E-state index in [1.807, 2.05) is 11.9 Å². The van der Waals surface area contributed by atoms with Gasteiger partial charge in [0.1, 0.15) is 6.10 Å². The summed E-state index contributed by atoms with van der Waals surface area (Å²) in [5.41, 5.74) is 0.450. The Labute approximate surface area is 118 Å². The van der Waals surface area contributed by atoms with E-state index in [1.165, 1.54) is 0 Å².